The molecule has 6 nitrogen and oxygen atoms in total. The highest BCUT2D eigenvalue weighted by Crippen LogP contribution is 2.26. The van der Waals surface area contributed by atoms with Crippen molar-refractivity contribution >= 4 is 17.5 Å². The van der Waals surface area contributed by atoms with E-state index in [2.05, 4.69) is 10.1 Å². The van der Waals surface area contributed by atoms with Gasteiger partial charge in [-0.1, -0.05) is 22.8 Å². The summed E-state index contributed by atoms with van der Waals surface area (Å²) in [6.07, 6.45) is 0. The van der Waals surface area contributed by atoms with Gasteiger partial charge < -0.3 is 9.42 Å². The normalized spacial score (nSPS) is 19.1. The van der Waals surface area contributed by atoms with E-state index >= 15 is 0 Å². The van der Waals surface area contributed by atoms with Crippen molar-refractivity contribution in [1.82, 2.24) is 19.9 Å². The van der Waals surface area contributed by atoms with Crippen molar-refractivity contribution in [3.63, 3.8) is 0 Å². The average Bonchev–Trinajstić information content (AvgIpc) is 2.96. The number of carbonyl (C=O) groups is 1. The molecular formula is C15H16ClFN4O2. The topological polar surface area (TPSA) is 62.5 Å². The van der Waals surface area contributed by atoms with Crippen molar-refractivity contribution < 1.29 is 13.7 Å². The van der Waals surface area contributed by atoms with Crippen LogP contribution in [-0.4, -0.2) is 52.5 Å². The fourth-order valence-electron chi connectivity index (χ4n) is 2.61. The minimum Gasteiger partial charge on any atom is -0.338 e. The van der Waals surface area contributed by atoms with Gasteiger partial charge in [-0.05, 0) is 26.1 Å². The molecule has 1 amide bonds. The average molecular weight is 339 g/mol. The fourth-order valence-corrected chi connectivity index (χ4v) is 2.82. The molecule has 1 aromatic carbocycles. The van der Waals surface area contributed by atoms with Gasteiger partial charge in [-0.3, -0.25) is 9.69 Å². The highest BCUT2D eigenvalue weighted by Gasteiger charge is 2.33. The molecule has 0 saturated carbocycles. The van der Waals surface area contributed by atoms with Crippen molar-refractivity contribution in [1.29, 1.82) is 0 Å². The number of hydrogen-bond acceptors (Lipinski definition) is 5. The first-order valence-corrected chi connectivity index (χ1v) is 7.59. The zero-order valence-electron chi connectivity index (χ0n) is 12.8. The Balaban J connectivity index is 1.83. The van der Waals surface area contributed by atoms with E-state index in [1.165, 1.54) is 18.2 Å². The second-order valence-corrected chi connectivity index (χ2v) is 5.91. The quantitative estimate of drug-likeness (QED) is 0.840. The number of carbonyl (C=O) groups excluding carboxylic acids is 1. The van der Waals surface area contributed by atoms with Crippen molar-refractivity contribution in [2.45, 2.75) is 13.0 Å². The van der Waals surface area contributed by atoms with Crippen LogP contribution in [0.25, 0.3) is 0 Å². The summed E-state index contributed by atoms with van der Waals surface area (Å²) in [6.45, 7) is 3.28. The third-order valence-corrected chi connectivity index (χ3v) is 4.33. The largest absolute Gasteiger partial charge is 0.338 e. The van der Waals surface area contributed by atoms with Crippen LogP contribution in [-0.2, 0) is 0 Å². The Morgan fingerprint density at radius 3 is 2.91 bits per heavy atom. The second-order valence-electron chi connectivity index (χ2n) is 5.53. The van der Waals surface area contributed by atoms with Gasteiger partial charge in [0, 0.05) is 19.6 Å². The maximum atomic E-state index is 13.6. The smallest absolute Gasteiger partial charge is 0.255 e. The summed E-state index contributed by atoms with van der Waals surface area (Å²) in [4.78, 5) is 20.6. The molecule has 0 radical (unpaired) electrons. The standard InChI is InChI=1S/C15H16ClFN4O2/c1-9-18-14(23-19-9)12-8-21(7-6-20(12)2)15(22)10-4-3-5-11(17)13(10)16/h3-5,12H,6-8H2,1-2H3/t12-/m1/s1. The third kappa shape index (κ3) is 3.07. The second kappa shape index (κ2) is 6.25. The summed E-state index contributed by atoms with van der Waals surface area (Å²) in [7, 11) is 1.93. The highest BCUT2D eigenvalue weighted by molar-refractivity contribution is 6.34. The van der Waals surface area contributed by atoms with Gasteiger partial charge in [-0.15, -0.1) is 0 Å². The molecule has 122 valence electrons. The number of benzene rings is 1. The van der Waals surface area contributed by atoms with Crippen LogP contribution in [0.5, 0.6) is 0 Å². The van der Waals surface area contributed by atoms with E-state index < -0.39 is 5.82 Å². The molecule has 1 aromatic heterocycles. The summed E-state index contributed by atoms with van der Waals surface area (Å²) in [5, 5.41) is 3.64. The monoisotopic (exact) mass is 338 g/mol. The van der Waals surface area contributed by atoms with Crippen molar-refractivity contribution in [2.75, 3.05) is 26.7 Å². The minimum atomic E-state index is -0.601. The zero-order valence-corrected chi connectivity index (χ0v) is 13.5. The highest BCUT2D eigenvalue weighted by atomic mass is 35.5. The molecule has 1 atom stereocenters. The molecule has 3 rings (SSSR count). The molecule has 0 aliphatic carbocycles. The number of hydrogen-bond donors (Lipinski definition) is 0. The molecule has 0 spiro atoms. The van der Waals surface area contributed by atoms with Crippen molar-refractivity contribution in [3.8, 4) is 0 Å². The molecule has 8 heteroatoms. The summed E-state index contributed by atoms with van der Waals surface area (Å²) < 4.78 is 18.8. The van der Waals surface area contributed by atoms with Crippen molar-refractivity contribution in [3.05, 3.63) is 46.3 Å². The Kier molecular flexibility index (Phi) is 4.32. The van der Waals surface area contributed by atoms with E-state index in [1.54, 1.807) is 11.8 Å². The van der Waals surface area contributed by atoms with Gasteiger partial charge >= 0.3 is 0 Å². The van der Waals surface area contributed by atoms with Gasteiger partial charge in [0.05, 0.1) is 10.6 Å². The van der Waals surface area contributed by atoms with Crippen LogP contribution >= 0.6 is 11.6 Å². The molecule has 0 unspecified atom stereocenters. The van der Waals surface area contributed by atoms with Gasteiger partial charge in [0.25, 0.3) is 5.91 Å². The molecule has 0 N–H and O–H groups in total. The third-order valence-electron chi connectivity index (χ3n) is 3.95. The maximum Gasteiger partial charge on any atom is 0.255 e. The minimum absolute atomic E-state index is 0.151. The first-order valence-electron chi connectivity index (χ1n) is 7.21. The Labute approximate surface area is 137 Å². The predicted molar refractivity (Wildman–Crippen MR) is 81.7 cm³/mol. The van der Waals surface area contributed by atoms with E-state index in [9.17, 15) is 9.18 Å². The molecule has 1 aliphatic heterocycles. The van der Waals surface area contributed by atoms with Gasteiger partial charge in [-0.25, -0.2) is 4.39 Å². The number of amides is 1. The lowest BCUT2D eigenvalue weighted by Gasteiger charge is -2.37. The number of rotatable bonds is 2. The van der Waals surface area contributed by atoms with E-state index in [0.29, 0.717) is 31.3 Å². The Morgan fingerprint density at radius 1 is 1.43 bits per heavy atom. The van der Waals surface area contributed by atoms with Crippen LogP contribution < -0.4 is 0 Å². The lowest BCUT2D eigenvalue weighted by Crippen LogP contribution is -2.49. The maximum absolute atomic E-state index is 13.6. The Bertz CT molecular complexity index is 736. The first kappa shape index (κ1) is 15.9. The molecule has 23 heavy (non-hydrogen) atoms. The van der Waals surface area contributed by atoms with E-state index in [-0.39, 0.29) is 22.5 Å². The van der Waals surface area contributed by atoms with Crippen LogP contribution in [0, 0.1) is 12.7 Å². The molecule has 1 aliphatic rings. The summed E-state index contributed by atoms with van der Waals surface area (Å²) >= 11 is 5.92. The molecule has 2 aromatic rings. The Morgan fingerprint density at radius 2 is 2.22 bits per heavy atom. The van der Waals surface area contributed by atoms with Crippen molar-refractivity contribution in [2.24, 2.45) is 0 Å². The molecule has 2 heterocycles. The SMILES string of the molecule is Cc1noc([C@H]2CN(C(=O)c3cccc(F)c3Cl)CCN2C)n1. The van der Waals surface area contributed by atoms with Crippen LogP contribution in [0.4, 0.5) is 4.39 Å². The molecule has 1 saturated heterocycles. The Hall–Kier alpha value is -1.99. The number of piperazine rings is 1. The molecule has 1 fully saturated rings. The number of aryl methyl sites for hydroxylation is 1. The van der Waals surface area contributed by atoms with Gasteiger partial charge in [0.2, 0.25) is 5.89 Å². The number of halogens is 2. The number of likely N-dealkylation sites (N-methyl/N-ethyl adjacent to an activating group) is 1. The van der Waals surface area contributed by atoms with Crippen LogP contribution in [0.15, 0.2) is 22.7 Å². The van der Waals surface area contributed by atoms with E-state index in [4.69, 9.17) is 16.1 Å². The van der Waals surface area contributed by atoms with Gasteiger partial charge in [0.1, 0.15) is 11.9 Å². The van der Waals surface area contributed by atoms with E-state index in [0.717, 1.165) is 0 Å². The molecular weight excluding hydrogens is 323 g/mol. The van der Waals surface area contributed by atoms with E-state index in [1.807, 2.05) is 11.9 Å². The molecule has 0 bridgehead atoms. The summed E-state index contributed by atoms with van der Waals surface area (Å²) in [5.41, 5.74) is 0.164. The number of aromatic nitrogens is 2. The number of nitrogens with zero attached hydrogens (tertiary/aromatic N) is 4. The van der Waals surface area contributed by atoms with Gasteiger partial charge in [0.15, 0.2) is 5.82 Å². The lowest BCUT2D eigenvalue weighted by atomic mass is 10.1. The predicted octanol–water partition coefficient (Wildman–Crippen LogP) is 2.30. The first-order chi connectivity index (χ1) is 11.0. The summed E-state index contributed by atoms with van der Waals surface area (Å²) in [6, 6.07) is 4.04. The zero-order chi connectivity index (χ0) is 16.6. The lowest BCUT2D eigenvalue weighted by molar-refractivity contribution is 0.0488. The van der Waals surface area contributed by atoms with Gasteiger partial charge in [-0.2, -0.15) is 4.98 Å². The van der Waals surface area contributed by atoms with Crippen LogP contribution in [0.2, 0.25) is 5.02 Å². The fraction of sp³-hybridized carbons (Fsp3) is 0.400. The van der Waals surface area contributed by atoms with Crippen LogP contribution in [0.1, 0.15) is 28.1 Å². The summed E-state index contributed by atoms with van der Waals surface area (Å²) in [5.74, 6) is 0.109. The van der Waals surface area contributed by atoms with Crippen LogP contribution in [0.3, 0.4) is 0 Å².